The van der Waals surface area contributed by atoms with Crippen LogP contribution in [-0.2, 0) is 14.3 Å². The van der Waals surface area contributed by atoms with Crippen LogP contribution in [0.4, 0.5) is 0 Å². The van der Waals surface area contributed by atoms with Gasteiger partial charge in [0.05, 0.1) is 24.5 Å². The summed E-state index contributed by atoms with van der Waals surface area (Å²) in [5, 5.41) is 9.76. The van der Waals surface area contributed by atoms with Crippen molar-refractivity contribution in [3.8, 4) is 0 Å². The molecule has 2 fully saturated rings. The number of fused-ring (bicyclic) bond motifs is 5. The van der Waals surface area contributed by atoms with E-state index in [-0.39, 0.29) is 24.3 Å². The standard InChI is InChI=1S/C19H20O4/c1-9-6-10(2)13(11(3)7-9)15-17(21)14-12-4-5-19(8-20,23-12)16(14)18(15)22/h4-7,12,14-16,20H,8H2,1-3H3/t12-,14-,15?,16+,19-/m0/s1. The largest absolute Gasteiger partial charge is 0.393 e. The molecule has 120 valence electrons. The van der Waals surface area contributed by atoms with E-state index in [4.69, 9.17) is 4.74 Å². The fourth-order valence-electron chi connectivity index (χ4n) is 4.83. The molecular weight excluding hydrogens is 292 g/mol. The lowest BCUT2D eigenvalue weighted by Gasteiger charge is -2.26. The maximum absolute atomic E-state index is 13.1. The molecule has 1 saturated heterocycles. The first-order valence-electron chi connectivity index (χ1n) is 8.03. The topological polar surface area (TPSA) is 63.6 Å². The maximum Gasteiger partial charge on any atom is 0.155 e. The molecule has 0 radical (unpaired) electrons. The number of aliphatic hydroxyl groups excluding tert-OH is 1. The lowest BCUT2D eigenvalue weighted by Crippen LogP contribution is -2.41. The van der Waals surface area contributed by atoms with Crippen molar-refractivity contribution >= 4 is 11.6 Å². The van der Waals surface area contributed by atoms with Crippen molar-refractivity contribution in [2.45, 2.75) is 38.4 Å². The molecule has 0 aromatic heterocycles. The van der Waals surface area contributed by atoms with Crippen LogP contribution in [0.3, 0.4) is 0 Å². The van der Waals surface area contributed by atoms with Crippen molar-refractivity contribution in [1.82, 2.24) is 0 Å². The van der Waals surface area contributed by atoms with E-state index in [1.54, 1.807) is 6.08 Å². The molecule has 4 nitrogen and oxygen atoms in total. The normalized spacial score (nSPS) is 37.7. The fraction of sp³-hybridized carbons (Fsp3) is 0.474. The SMILES string of the molecule is Cc1cc(C)c(C2C(=O)[C@H]3[C@@H]4C=C[C@@](CO)(O4)[C@H]3C2=O)c(C)c1. The molecule has 4 heteroatoms. The quantitative estimate of drug-likeness (QED) is 0.668. The molecule has 1 aromatic rings. The summed E-state index contributed by atoms with van der Waals surface area (Å²) in [5.41, 5.74) is 2.93. The minimum atomic E-state index is -0.997. The van der Waals surface area contributed by atoms with Gasteiger partial charge < -0.3 is 9.84 Å². The van der Waals surface area contributed by atoms with Gasteiger partial charge in [-0.1, -0.05) is 29.8 Å². The molecule has 1 unspecified atom stereocenters. The van der Waals surface area contributed by atoms with Crippen LogP contribution in [0.1, 0.15) is 28.2 Å². The highest BCUT2D eigenvalue weighted by molar-refractivity contribution is 6.17. The van der Waals surface area contributed by atoms with Crippen molar-refractivity contribution < 1.29 is 19.4 Å². The Balaban J connectivity index is 1.83. The van der Waals surface area contributed by atoms with Crippen molar-refractivity contribution in [1.29, 1.82) is 0 Å². The Kier molecular flexibility index (Phi) is 2.97. The highest BCUT2D eigenvalue weighted by atomic mass is 16.5. The number of aryl methyl sites for hydroxylation is 3. The zero-order valence-electron chi connectivity index (χ0n) is 13.5. The van der Waals surface area contributed by atoms with Crippen LogP contribution in [0.2, 0.25) is 0 Å². The van der Waals surface area contributed by atoms with E-state index in [0.29, 0.717) is 0 Å². The number of hydrogen-bond donors (Lipinski definition) is 1. The molecule has 0 spiro atoms. The summed E-state index contributed by atoms with van der Waals surface area (Å²) in [6.45, 7) is 5.65. The highest BCUT2D eigenvalue weighted by Crippen LogP contribution is 2.55. The molecule has 3 aliphatic rings. The van der Waals surface area contributed by atoms with Crippen LogP contribution in [0, 0.1) is 32.6 Å². The third kappa shape index (κ3) is 1.73. The van der Waals surface area contributed by atoms with Crippen LogP contribution in [0.15, 0.2) is 24.3 Å². The zero-order chi connectivity index (χ0) is 16.5. The van der Waals surface area contributed by atoms with E-state index in [1.165, 1.54) is 0 Å². The van der Waals surface area contributed by atoms with Gasteiger partial charge in [-0.05, 0) is 37.5 Å². The van der Waals surface area contributed by atoms with E-state index in [9.17, 15) is 14.7 Å². The van der Waals surface area contributed by atoms with E-state index < -0.39 is 23.4 Å². The van der Waals surface area contributed by atoms with Crippen molar-refractivity contribution in [3.05, 3.63) is 46.5 Å². The van der Waals surface area contributed by atoms with E-state index in [1.807, 2.05) is 39.0 Å². The van der Waals surface area contributed by atoms with Gasteiger partial charge in [-0.3, -0.25) is 9.59 Å². The summed E-state index contributed by atoms with van der Waals surface area (Å²) in [4.78, 5) is 26.1. The van der Waals surface area contributed by atoms with Gasteiger partial charge in [0.2, 0.25) is 0 Å². The predicted octanol–water partition coefficient (Wildman–Crippen LogP) is 1.78. The van der Waals surface area contributed by atoms with Gasteiger partial charge in [-0.25, -0.2) is 0 Å². The molecule has 4 rings (SSSR count). The summed E-state index contributed by atoms with van der Waals surface area (Å²) in [7, 11) is 0. The first-order valence-corrected chi connectivity index (χ1v) is 8.03. The van der Waals surface area contributed by atoms with Crippen LogP contribution in [0.25, 0.3) is 0 Å². The summed E-state index contributed by atoms with van der Waals surface area (Å²) in [6.07, 6.45) is 3.21. The lowest BCUT2D eigenvalue weighted by atomic mass is 9.77. The van der Waals surface area contributed by atoms with Gasteiger partial charge in [0.1, 0.15) is 11.5 Å². The Morgan fingerprint density at radius 3 is 2.39 bits per heavy atom. The van der Waals surface area contributed by atoms with E-state index in [0.717, 1.165) is 22.3 Å². The average Bonchev–Trinajstić information content (AvgIpc) is 3.12. The van der Waals surface area contributed by atoms with E-state index in [2.05, 4.69) is 0 Å². The number of Topliss-reactive ketones (excluding diaryl/α,β-unsaturated/α-hetero) is 2. The minimum Gasteiger partial charge on any atom is -0.393 e. The van der Waals surface area contributed by atoms with Gasteiger partial charge in [0, 0.05) is 0 Å². The van der Waals surface area contributed by atoms with Gasteiger partial charge in [0.15, 0.2) is 11.6 Å². The number of ketones is 2. The molecule has 1 aliphatic carbocycles. The first-order chi connectivity index (χ1) is 10.9. The summed E-state index contributed by atoms with van der Waals surface area (Å²) >= 11 is 0. The predicted molar refractivity (Wildman–Crippen MR) is 84.2 cm³/mol. The van der Waals surface area contributed by atoms with Gasteiger partial charge in [0.25, 0.3) is 0 Å². The molecule has 5 atom stereocenters. The molecule has 2 heterocycles. The summed E-state index contributed by atoms with van der Waals surface area (Å²) < 4.78 is 5.78. The molecule has 2 bridgehead atoms. The molecule has 1 N–H and O–H groups in total. The van der Waals surface area contributed by atoms with E-state index >= 15 is 0 Å². The Morgan fingerprint density at radius 2 is 1.78 bits per heavy atom. The summed E-state index contributed by atoms with van der Waals surface area (Å²) in [5.74, 6) is -1.89. The van der Waals surface area contributed by atoms with Crippen molar-refractivity contribution in [2.24, 2.45) is 11.8 Å². The zero-order valence-corrected chi connectivity index (χ0v) is 13.5. The van der Waals surface area contributed by atoms with Gasteiger partial charge in [-0.15, -0.1) is 0 Å². The third-order valence-electron chi connectivity index (χ3n) is 5.64. The Bertz CT molecular complexity index is 740. The molecule has 1 saturated carbocycles. The maximum atomic E-state index is 13.1. The number of carbonyl (C=O) groups is 2. The van der Waals surface area contributed by atoms with Crippen LogP contribution >= 0.6 is 0 Å². The Labute approximate surface area is 135 Å². The third-order valence-corrected chi connectivity index (χ3v) is 5.64. The second-order valence-corrected chi connectivity index (χ2v) is 7.11. The molecule has 23 heavy (non-hydrogen) atoms. The average molecular weight is 312 g/mol. The number of rotatable bonds is 2. The molecule has 0 amide bonds. The highest BCUT2D eigenvalue weighted by Gasteiger charge is 2.67. The Hall–Kier alpha value is -1.78. The van der Waals surface area contributed by atoms with Crippen molar-refractivity contribution in [3.63, 3.8) is 0 Å². The summed E-state index contributed by atoms with van der Waals surface area (Å²) in [6, 6.07) is 4.03. The number of aliphatic hydroxyl groups is 1. The monoisotopic (exact) mass is 312 g/mol. The molecule has 2 aliphatic heterocycles. The first kappa shape index (κ1) is 14.8. The van der Waals surface area contributed by atoms with Crippen LogP contribution in [-0.4, -0.2) is 35.0 Å². The van der Waals surface area contributed by atoms with Crippen LogP contribution in [0.5, 0.6) is 0 Å². The molecular formula is C19H20O4. The second-order valence-electron chi connectivity index (χ2n) is 7.11. The van der Waals surface area contributed by atoms with Gasteiger partial charge in [-0.2, -0.15) is 0 Å². The number of hydrogen-bond acceptors (Lipinski definition) is 4. The minimum absolute atomic E-state index is 0.0558. The molecule has 1 aromatic carbocycles. The smallest absolute Gasteiger partial charge is 0.155 e. The number of benzene rings is 1. The van der Waals surface area contributed by atoms with Gasteiger partial charge >= 0.3 is 0 Å². The Morgan fingerprint density at radius 1 is 1.13 bits per heavy atom. The van der Waals surface area contributed by atoms with Crippen molar-refractivity contribution in [2.75, 3.05) is 6.61 Å². The second kappa shape index (κ2) is 4.62. The fourth-order valence-corrected chi connectivity index (χ4v) is 4.83. The number of carbonyl (C=O) groups excluding carboxylic acids is 2. The lowest BCUT2D eigenvalue weighted by molar-refractivity contribution is -0.130. The van der Waals surface area contributed by atoms with Crippen LogP contribution < -0.4 is 0 Å². The number of ether oxygens (including phenoxy) is 1.